The maximum atomic E-state index is 11.4. The molecule has 2 saturated carbocycles. The number of hydrogen-bond donors (Lipinski definition) is 1. The third-order valence-electron chi connectivity index (χ3n) is 5.71. The number of carboxylic acid groups (broad SMARTS) is 1. The van der Waals surface area contributed by atoms with Crippen molar-refractivity contribution in [2.75, 3.05) is 0 Å². The van der Waals surface area contributed by atoms with Crippen LogP contribution in [0.15, 0.2) is 11.6 Å². The van der Waals surface area contributed by atoms with E-state index in [0.717, 1.165) is 12.0 Å². The van der Waals surface area contributed by atoms with Gasteiger partial charge in [0.1, 0.15) is 0 Å². The monoisotopic (exact) mass is 234 g/mol. The molecule has 0 aliphatic heterocycles. The van der Waals surface area contributed by atoms with Crippen LogP contribution in [-0.2, 0) is 4.79 Å². The van der Waals surface area contributed by atoms with E-state index in [1.165, 1.54) is 19.3 Å². The molecule has 1 spiro atoms. The SMILES string of the molecule is C[C@H]1CC[C@@H]2C(C(=O)O)=C[C@H]3CC(C)(C)C[C@]213. The molecular weight excluding hydrogens is 212 g/mol. The van der Waals surface area contributed by atoms with Gasteiger partial charge in [-0.05, 0) is 54.3 Å². The molecule has 3 aliphatic rings. The van der Waals surface area contributed by atoms with Crippen molar-refractivity contribution in [2.24, 2.45) is 28.6 Å². The van der Waals surface area contributed by atoms with E-state index in [0.29, 0.717) is 23.2 Å². The lowest BCUT2D eigenvalue weighted by Crippen LogP contribution is -2.32. The third-order valence-corrected chi connectivity index (χ3v) is 5.71. The number of carboxylic acids is 1. The summed E-state index contributed by atoms with van der Waals surface area (Å²) in [5, 5.41) is 9.36. The van der Waals surface area contributed by atoms with Crippen molar-refractivity contribution < 1.29 is 9.90 Å². The van der Waals surface area contributed by atoms with Gasteiger partial charge in [-0.25, -0.2) is 4.79 Å². The molecular formula is C15H22O2. The molecule has 2 nitrogen and oxygen atoms in total. The Kier molecular flexibility index (Phi) is 2.10. The first-order valence-corrected chi connectivity index (χ1v) is 6.82. The van der Waals surface area contributed by atoms with Crippen LogP contribution < -0.4 is 0 Å². The van der Waals surface area contributed by atoms with E-state index in [9.17, 15) is 9.90 Å². The zero-order valence-electron chi connectivity index (χ0n) is 11.0. The maximum absolute atomic E-state index is 11.4. The van der Waals surface area contributed by atoms with Gasteiger partial charge in [0.2, 0.25) is 0 Å². The zero-order valence-corrected chi connectivity index (χ0v) is 11.0. The lowest BCUT2D eigenvalue weighted by atomic mass is 9.67. The van der Waals surface area contributed by atoms with Gasteiger partial charge in [-0.2, -0.15) is 0 Å². The van der Waals surface area contributed by atoms with Crippen LogP contribution in [0.2, 0.25) is 0 Å². The molecule has 0 amide bonds. The minimum absolute atomic E-state index is 0.289. The summed E-state index contributed by atoms with van der Waals surface area (Å²) in [6.07, 6.45) is 6.79. The van der Waals surface area contributed by atoms with Gasteiger partial charge >= 0.3 is 5.97 Å². The minimum atomic E-state index is -0.671. The standard InChI is InChI=1S/C15H22O2/c1-9-4-5-12-11(13(16)17)6-10-7-14(2,3)8-15(9,10)12/h6,9-10,12H,4-5,7-8H2,1-3H3,(H,16,17)/t9-,10-,12+,15-/m0/s1. The Bertz CT molecular complexity index is 407. The zero-order chi connectivity index (χ0) is 12.4. The Morgan fingerprint density at radius 2 is 2.12 bits per heavy atom. The number of carbonyl (C=O) groups is 1. The Balaban J connectivity index is 2.06. The fourth-order valence-electron chi connectivity index (χ4n) is 5.25. The molecule has 4 atom stereocenters. The second-order valence-electron chi connectivity index (χ2n) is 7.22. The normalized spacial score (nSPS) is 46.5. The van der Waals surface area contributed by atoms with Gasteiger partial charge in [0.05, 0.1) is 0 Å². The second kappa shape index (κ2) is 3.15. The van der Waals surface area contributed by atoms with E-state index in [1.54, 1.807) is 0 Å². The Labute approximate surface area is 103 Å². The van der Waals surface area contributed by atoms with Gasteiger partial charge in [-0.15, -0.1) is 0 Å². The van der Waals surface area contributed by atoms with E-state index in [1.807, 2.05) is 0 Å². The maximum Gasteiger partial charge on any atom is 0.331 e. The lowest BCUT2D eigenvalue weighted by molar-refractivity contribution is -0.133. The van der Waals surface area contributed by atoms with E-state index < -0.39 is 5.97 Å². The van der Waals surface area contributed by atoms with Crippen LogP contribution in [0, 0.1) is 28.6 Å². The number of aliphatic carboxylic acids is 1. The van der Waals surface area contributed by atoms with Crippen molar-refractivity contribution in [1.82, 2.24) is 0 Å². The fourth-order valence-corrected chi connectivity index (χ4v) is 5.25. The molecule has 3 rings (SSSR count). The smallest absolute Gasteiger partial charge is 0.331 e. The Hall–Kier alpha value is -0.790. The molecule has 0 saturated heterocycles. The first kappa shape index (κ1) is 11.3. The highest BCUT2D eigenvalue weighted by Crippen LogP contribution is 2.70. The van der Waals surface area contributed by atoms with Crippen LogP contribution in [0.5, 0.6) is 0 Å². The van der Waals surface area contributed by atoms with Gasteiger partial charge in [0.25, 0.3) is 0 Å². The number of rotatable bonds is 1. The average Bonchev–Trinajstić information content (AvgIpc) is 2.73. The summed E-state index contributed by atoms with van der Waals surface area (Å²) < 4.78 is 0. The summed E-state index contributed by atoms with van der Waals surface area (Å²) in [5.74, 6) is 0.871. The number of allylic oxidation sites excluding steroid dienone is 1. The molecule has 1 N–H and O–H groups in total. The molecule has 0 heterocycles. The van der Waals surface area contributed by atoms with Crippen LogP contribution in [0.25, 0.3) is 0 Å². The van der Waals surface area contributed by atoms with Crippen molar-refractivity contribution in [3.63, 3.8) is 0 Å². The fraction of sp³-hybridized carbons (Fsp3) is 0.800. The highest BCUT2D eigenvalue weighted by Gasteiger charge is 2.63. The predicted octanol–water partition coefficient (Wildman–Crippen LogP) is 3.48. The first-order chi connectivity index (χ1) is 7.87. The Morgan fingerprint density at radius 3 is 2.76 bits per heavy atom. The van der Waals surface area contributed by atoms with Gasteiger partial charge in [0.15, 0.2) is 0 Å². The van der Waals surface area contributed by atoms with E-state index >= 15 is 0 Å². The third kappa shape index (κ3) is 1.30. The molecule has 17 heavy (non-hydrogen) atoms. The van der Waals surface area contributed by atoms with Crippen LogP contribution >= 0.6 is 0 Å². The summed E-state index contributed by atoms with van der Waals surface area (Å²) in [6.45, 7) is 7.03. The van der Waals surface area contributed by atoms with Gasteiger partial charge in [-0.3, -0.25) is 0 Å². The van der Waals surface area contributed by atoms with Gasteiger partial charge in [-0.1, -0.05) is 26.8 Å². The van der Waals surface area contributed by atoms with Crippen LogP contribution in [-0.4, -0.2) is 11.1 Å². The highest BCUT2D eigenvalue weighted by molar-refractivity contribution is 5.88. The molecule has 3 aliphatic carbocycles. The number of hydrogen-bond acceptors (Lipinski definition) is 1. The average molecular weight is 234 g/mol. The van der Waals surface area contributed by atoms with Crippen LogP contribution in [0.1, 0.15) is 46.5 Å². The predicted molar refractivity (Wildman–Crippen MR) is 66.5 cm³/mol. The Morgan fingerprint density at radius 1 is 1.41 bits per heavy atom. The summed E-state index contributed by atoms with van der Waals surface area (Å²) in [7, 11) is 0. The first-order valence-electron chi connectivity index (χ1n) is 6.82. The molecule has 0 radical (unpaired) electrons. The molecule has 0 aromatic heterocycles. The van der Waals surface area contributed by atoms with Crippen molar-refractivity contribution in [1.29, 1.82) is 0 Å². The van der Waals surface area contributed by atoms with Crippen molar-refractivity contribution >= 4 is 5.97 Å². The van der Waals surface area contributed by atoms with Crippen molar-refractivity contribution in [3.05, 3.63) is 11.6 Å². The molecule has 0 aromatic rings. The largest absolute Gasteiger partial charge is 0.478 e. The molecule has 94 valence electrons. The summed E-state index contributed by atoms with van der Waals surface area (Å²) in [5.41, 5.74) is 1.41. The lowest BCUT2D eigenvalue weighted by Gasteiger charge is -2.36. The van der Waals surface area contributed by atoms with Gasteiger partial charge < -0.3 is 5.11 Å². The van der Waals surface area contributed by atoms with E-state index in [2.05, 4.69) is 26.8 Å². The van der Waals surface area contributed by atoms with Gasteiger partial charge in [0, 0.05) is 5.57 Å². The molecule has 0 unspecified atom stereocenters. The van der Waals surface area contributed by atoms with E-state index in [4.69, 9.17) is 0 Å². The topological polar surface area (TPSA) is 37.3 Å². The van der Waals surface area contributed by atoms with E-state index in [-0.39, 0.29) is 5.41 Å². The molecule has 2 heteroatoms. The summed E-state index contributed by atoms with van der Waals surface area (Å²) in [6, 6.07) is 0. The minimum Gasteiger partial charge on any atom is -0.478 e. The summed E-state index contributed by atoms with van der Waals surface area (Å²) in [4.78, 5) is 11.4. The quantitative estimate of drug-likeness (QED) is 0.754. The summed E-state index contributed by atoms with van der Waals surface area (Å²) >= 11 is 0. The van der Waals surface area contributed by atoms with Crippen molar-refractivity contribution in [2.45, 2.75) is 46.5 Å². The van der Waals surface area contributed by atoms with Crippen LogP contribution in [0.4, 0.5) is 0 Å². The molecule has 2 fully saturated rings. The van der Waals surface area contributed by atoms with Crippen LogP contribution in [0.3, 0.4) is 0 Å². The second-order valence-corrected chi connectivity index (χ2v) is 7.22. The molecule has 0 bridgehead atoms. The highest BCUT2D eigenvalue weighted by atomic mass is 16.4. The van der Waals surface area contributed by atoms with Crippen molar-refractivity contribution in [3.8, 4) is 0 Å². The molecule has 0 aromatic carbocycles.